The molecule has 0 aromatic heterocycles. The molecule has 100 valence electrons. The number of hydrogen-bond acceptors (Lipinski definition) is 2. The molecule has 0 heterocycles. The van der Waals surface area contributed by atoms with Crippen molar-refractivity contribution in [2.75, 3.05) is 18.5 Å². The summed E-state index contributed by atoms with van der Waals surface area (Å²) in [4.78, 5) is 2.26. The third kappa shape index (κ3) is 3.83. The maximum absolute atomic E-state index is 5.56. The molecular weight excluding hydrogens is 232 g/mol. The SMILES string of the molecule is Cc1cccc(CN(C)c2ccc(CCN)cc2)c1. The Morgan fingerprint density at radius 1 is 1.00 bits per heavy atom. The Kier molecular flexibility index (Phi) is 4.58. The van der Waals surface area contributed by atoms with Gasteiger partial charge in [-0.3, -0.25) is 0 Å². The van der Waals surface area contributed by atoms with Crippen molar-refractivity contribution in [1.29, 1.82) is 0 Å². The molecular formula is C17H22N2. The average Bonchev–Trinajstić information content (AvgIpc) is 2.40. The van der Waals surface area contributed by atoms with E-state index in [1.807, 2.05) is 0 Å². The summed E-state index contributed by atoms with van der Waals surface area (Å²) in [6.45, 7) is 3.77. The molecule has 0 aliphatic heterocycles. The summed E-state index contributed by atoms with van der Waals surface area (Å²) in [6, 6.07) is 17.3. The van der Waals surface area contributed by atoms with Crippen LogP contribution in [0.25, 0.3) is 0 Å². The molecule has 2 aromatic rings. The minimum absolute atomic E-state index is 0.707. The molecule has 0 saturated heterocycles. The molecule has 0 saturated carbocycles. The fraction of sp³-hybridized carbons (Fsp3) is 0.294. The van der Waals surface area contributed by atoms with Gasteiger partial charge in [-0.05, 0) is 43.1 Å². The molecule has 0 spiro atoms. The highest BCUT2D eigenvalue weighted by molar-refractivity contribution is 5.47. The van der Waals surface area contributed by atoms with Gasteiger partial charge in [-0.2, -0.15) is 0 Å². The van der Waals surface area contributed by atoms with Crippen LogP contribution in [0.5, 0.6) is 0 Å². The van der Waals surface area contributed by atoms with E-state index < -0.39 is 0 Å². The van der Waals surface area contributed by atoms with E-state index >= 15 is 0 Å². The molecule has 2 heteroatoms. The maximum Gasteiger partial charge on any atom is 0.0426 e. The summed E-state index contributed by atoms with van der Waals surface area (Å²) in [5.41, 5.74) is 10.8. The quantitative estimate of drug-likeness (QED) is 0.888. The van der Waals surface area contributed by atoms with Crippen molar-refractivity contribution >= 4 is 5.69 Å². The lowest BCUT2D eigenvalue weighted by Gasteiger charge is -2.20. The summed E-state index contributed by atoms with van der Waals surface area (Å²) in [6.07, 6.45) is 0.946. The van der Waals surface area contributed by atoms with Gasteiger partial charge in [0.15, 0.2) is 0 Å². The molecule has 0 atom stereocenters. The van der Waals surface area contributed by atoms with Gasteiger partial charge < -0.3 is 10.6 Å². The zero-order chi connectivity index (χ0) is 13.7. The number of nitrogens with zero attached hydrogens (tertiary/aromatic N) is 1. The van der Waals surface area contributed by atoms with Crippen molar-refractivity contribution in [3.05, 3.63) is 65.2 Å². The van der Waals surface area contributed by atoms with E-state index in [1.54, 1.807) is 0 Å². The van der Waals surface area contributed by atoms with Crippen molar-refractivity contribution < 1.29 is 0 Å². The number of benzene rings is 2. The van der Waals surface area contributed by atoms with Crippen molar-refractivity contribution in [1.82, 2.24) is 0 Å². The highest BCUT2D eigenvalue weighted by atomic mass is 15.1. The van der Waals surface area contributed by atoms with E-state index in [2.05, 4.69) is 67.4 Å². The summed E-state index contributed by atoms with van der Waals surface area (Å²) < 4.78 is 0. The molecule has 2 nitrogen and oxygen atoms in total. The molecule has 0 aliphatic carbocycles. The second kappa shape index (κ2) is 6.39. The van der Waals surface area contributed by atoms with Crippen molar-refractivity contribution in [3.8, 4) is 0 Å². The maximum atomic E-state index is 5.56. The highest BCUT2D eigenvalue weighted by Gasteiger charge is 2.02. The lowest BCUT2D eigenvalue weighted by molar-refractivity contribution is 0.917. The molecule has 0 amide bonds. The van der Waals surface area contributed by atoms with Crippen LogP contribution < -0.4 is 10.6 Å². The van der Waals surface area contributed by atoms with Crippen LogP contribution >= 0.6 is 0 Å². The fourth-order valence-corrected chi connectivity index (χ4v) is 2.26. The van der Waals surface area contributed by atoms with E-state index in [1.165, 1.54) is 22.4 Å². The van der Waals surface area contributed by atoms with Crippen LogP contribution in [0.4, 0.5) is 5.69 Å². The Morgan fingerprint density at radius 2 is 1.74 bits per heavy atom. The number of nitrogens with two attached hydrogens (primary N) is 1. The van der Waals surface area contributed by atoms with Gasteiger partial charge in [-0.1, -0.05) is 42.0 Å². The van der Waals surface area contributed by atoms with Crippen LogP contribution in [0, 0.1) is 6.92 Å². The van der Waals surface area contributed by atoms with Gasteiger partial charge in [0.1, 0.15) is 0 Å². The fourth-order valence-electron chi connectivity index (χ4n) is 2.26. The van der Waals surface area contributed by atoms with Crippen LogP contribution in [-0.4, -0.2) is 13.6 Å². The van der Waals surface area contributed by atoms with Gasteiger partial charge in [0.25, 0.3) is 0 Å². The van der Waals surface area contributed by atoms with E-state index in [0.29, 0.717) is 6.54 Å². The Balaban J connectivity index is 2.05. The minimum atomic E-state index is 0.707. The van der Waals surface area contributed by atoms with Crippen LogP contribution in [-0.2, 0) is 13.0 Å². The van der Waals surface area contributed by atoms with Crippen molar-refractivity contribution in [2.45, 2.75) is 19.9 Å². The highest BCUT2D eigenvalue weighted by Crippen LogP contribution is 2.17. The van der Waals surface area contributed by atoms with Gasteiger partial charge in [0.05, 0.1) is 0 Å². The number of anilines is 1. The molecule has 2 N–H and O–H groups in total. The van der Waals surface area contributed by atoms with Crippen LogP contribution in [0.3, 0.4) is 0 Å². The van der Waals surface area contributed by atoms with Crippen LogP contribution in [0.15, 0.2) is 48.5 Å². The first-order valence-electron chi connectivity index (χ1n) is 6.75. The largest absolute Gasteiger partial charge is 0.370 e. The first-order valence-corrected chi connectivity index (χ1v) is 6.75. The Labute approximate surface area is 115 Å². The molecule has 0 aliphatic rings. The first-order chi connectivity index (χ1) is 9.19. The number of aryl methyl sites for hydroxylation is 1. The third-order valence-electron chi connectivity index (χ3n) is 3.31. The molecule has 2 aromatic carbocycles. The smallest absolute Gasteiger partial charge is 0.0426 e. The zero-order valence-electron chi connectivity index (χ0n) is 11.8. The summed E-state index contributed by atoms with van der Waals surface area (Å²) >= 11 is 0. The Bertz CT molecular complexity index is 517. The zero-order valence-corrected chi connectivity index (χ0v) is 11.8. The third-order valence-corrected chi connectivity index (χ3v) is 3.31. The lowest BCUT2D eigenvalue weighted by atomic mass is 10.1. The summed E-state index contributed by atoms with van der Waals surface area (Å²) in [5, 5.41) is 0. The van der Waals surface area contributed by atoms with Crippen LogP contribution in [0.2, 0.25) is 0 Å². The molecule has 2 rings (SSSR count). The monoisotopic (exact) mass is 254 g/mol. The summed E-state index contributed by atoms with van der Waals surface area (Å²) in [7, 11) is 2.13. The van der Waals surface area contributed by atoms with E-state index in [-0.39, 0.29) is 0 Å². The van der Waals surface area contributed by atoms with Gasteiger partial charge in [-0.15, -0.1) is 0 Å². The van der Waals surface area contributed by atoms with Gasteiger partial charge in [0.2, 0.25) is 0 Å². The normalized spacial score (nSPS) is 10.5. The predicted molar refractivity (Wildman–Crippen MR) is 82.5 cm³/mol. The average molecular weight is 254 g/mol. The van der Waals surface area contributed by atoms with Crippen molar-refractivity contribution in [2.24, 2.45) is 5.73 Å². The molecule has 0 bridgehead atoms. The first kappa shape index (κ1) is 13.6. The predicted octanol–water partition coefficient (Wildman–Crippen LogP) is 3.13. The van der Waals surface area contributed by atoms with E-state index in [4.69, 9.17) is 5.73 Å². The van der Waals surface area contributed by atoms with Crippen LogP contribution in [0.1, 0.15) is 16.7 Å². The summed E-state index contributed by atoms with van der Waals surface area (Å²) in [5.74, 6) is 0. The second-order valence-corrected chi connectivity index (χ2v) is 5.05. The number of hydrogen-bond donors (Lipinski definition) is 1. The van der Waals surface area contributed by atoms with Gasteiger partial charge in [-0.25, -0.2) is 0 Å². The lowest BCUT2D eigenvalue weighted by Crippen LogP contribution is -2.16. The van der Waals surface area contributed by atoms with Gasteiger partial charge in [0, 0.05) is 19.3 Å². The van der Waals surface area contributed by atoms with Gasteiger partial charge >= 0.3 is 0 Å². The topological polar surface area (TPSA) is 29.3 Å². The van der Waals surface area contributed by atoms with E-state index in [0.717, 1.165) is 13.0 Å². The van der Waals surface area contributed by atoms with E-state index in [9.17, 15) is 0 Å². The number of rotatable bonds is 5. The Morgan fingerprint density at radius 3 is 2.37 bits per heavy atom. The van der Waals surface area contributed by atoms with Crippen molar-refractivity contribution in [3.63, 3.8) is 0 Å². The molecule has 0 radical (unpaired) electrons. The standard InChI is InChI=1S/C17H22N2/c1-14-4-3-5-16(12-14)13-19(2)17-8-6-15(7-9-17)10-11-18/h3-9,12H,10-11,13,18H2,1-2H3. The molecule has 19 heavy (non-hydrogen) atoms. The molecule has 0 unspecified atom stereocenters. The second-order valence-electron chi connectivity index (χ2n) is 5.05. The minimum Gasteiger partial charge on any atom is -0.370 e. The Hall–Kier alpha value is -1.80. The molecule has 0 fully saturated rings.